The van der Waals surface area contributed by atoms with Gasteiger partial charge in [0, 0.05) is 23.6 Å². The summed E-state index contributed by atoms with van der Waals surface area (Å²) in [7, 11) is -2.96. The number of nitrogens with zero attached hydrogens (tertiary/aromatic N) is 2. The summed E-state index contributed by atoms with van der Waals surface area (Å²) in [5, 5.41) is 4.29. The molecule has 1 heterocycles. The molecule has 0 fully saturated rings. The van der Waals surface area contributed by atoms with Crippen LogP contribution in [-0.2, 0) is 22.8 Å². The third-order valence-corrected chi connectivity index (χ3v) is 4.40. The van der Waals surface area contributed by atoms with Gasteiger partial charge >= 0.3 is 0 Å². The van der Waals surface area contributed by atoms with Gasteiger partial charge in [-0.3, -0.25) is 4.68 Å². The lowest BCUT2D eigenvalue weighted by molar-refractivity contribution is 0.274. The number of hydrogen-bond donors (Lipinski definition) is 1. The summed E-state index contributed by atoms with van der Waals surface area (Å²) in [5.41, 5.74) is 8.47. The van der Waals surface area contributed by atoms with E-state index < -0.39 is 9.84 Å². The Hall–Kier alpha value is -0.880. The predicted molar refractivity (Wildman–Crippen MR) is 71.0 cm³/mol. The summed E-state index contributed by atoms with van der Waals surface area (Å²) in [4.78, 5) is 0. The number of rotatable bonds is 3. The summed E-state index contributed by atoms with van der Waals surface area (Å²) in [5.74, 6) is 0.122. The fraction of sp³-hybridized carbons (Fsp3) is 0.750. The molecule has 6 heteroatoms. The van der Waals surface area contributed by atoms with Crippen LogP contribution in [-0.4, -0.2) is 30.2 Å². The molecule has 1 aliphatic rings. The smallest absolute Gasteiger partial charge is 0.149 e. The van der Waals surface area contributed by atoms with Crippen molar-refractivity contribution in [1.82, 2.24) is 9.78 Å². The second kappa shape index (κ2) is 4.35. The standard InChI is InChI=1S/C12H21N3O2S/c1-12(2)6-10(13)9-8-14-15(11(9)7-12)4-5-18(3,16)17/h8,10H,4-7,13H2,1-3H3. The lowest BCUT2D eigenvalue weighted by Crippen LogP contribution is -2.31. The molecule has 5 nitrogen and oxygen atoms in total. The molecule has 0 bridgehead atoms. The molecule has 0 spiro atoms. The number of nitrogens with two attached hydrogens (primary N) is 1. The van der Waals surface area contributed by atoms with Gasteiger partial charge in [0.1, 0.15) is 9.84 Å². The molecule has 0 saturated heterocycles. The van der Waals surface area contributed by atoms with Crippen molar-refractivity contribution >= 4 is 9.84 Å². The molecule has 1 aromatic rings. The second-order valence-electron chi connectivity index (χ2n) is 6.05. The van der Waals surface area contributed by atoms with Gasteiger partial charge in [-0.1, -0.05) is 13.8 Å². The van der Waals surface area contributed by atoms with Crippen molar-refractivity contribution in [1.29, 1.82) is 0 Å². The Morgan fingerprint density at radius 1 is 1.56 bits per heavy atom. The van der Waals surface area contributed by atoms with Crippen molar-refractivity contribution in [2.24, 2.45) is 11.1 Å². The van der Waals surface area contributed by atoms with Crippen molar-refractivity contribution < 1.29 is 8.42 Å². The highest BCUT2D eigenvalue weighted by molar-refractivity contribution is 7.90. The van der Waals surface area contributed by atoms with Gasteiger partial charge in [-0.15, -0.1) is 0 Å². The van der Waals surface area contributed by atoms with E-state index in [-0.39, 0.29) is 17.2 Å². The van der Waals surface area contributed by atoms with Crippen molar-refractivity contribution in [2.45, 2.75) is 39.3 Å². The molecule has 1 aromatic heterocycles. The van der Waals surface area contributed by atoms with Crippen LogP contribution in [0.3, 0.4) is 0 Å². The van der Waals surface area contributed by atoms with Crippen LogP contribution in [0.4, 0.5) is 0 Å². The first-order valence-corrected chi connectivity index (χ1v) is 8.22. The Bertz CT molecular complexity index is 546. The molecule has 2 N–H and O–H groups in total. The maximum Gasteiger partial charge on any atom is 0.149 e. The van der Waals surface area contributed by atoms with Gasteiger partial charge in [-0.05, 0) is 18.3 Å². The summed E-state index contributed by atoms with van der Waals surface area (Å²) in [6, 6.07) is 0.00994. The summed E-state index contributed by atoms with van der Waals surface area (Å²) < 4.78 is 24.2. The fourth-order valence-corrected chi connectivity index (χ4v) is 3.11. The molecule has 0 radical (unpaired) electrons. The van der Waals surface area contributed by atoms with Crippen LogP contribution in [0.2, 0.25) is 0 Å². The van der Waals surface area contributed by atoms with Gasteiger partial charge in [0.25, 0.3) is 0 Å². The monoisotopic (exact) mass is 271 g/mol. The number of aromatic nitrogens is 2. The Labute approximate surface area is 108 Å². The molecule has 0 aliphatic heterocycles. The highest BCUT2D eigenvalue weighted by atomic mass is 32.2. The molecule has 1 atom stereocenters. The van der Waals surface area contributed by atoms with Gasteiger partial charge in [0.05, 0.1) is 18.5 Å². The van der Waals surface area contributed by atoms with E-state index in [4.69, 9.17) is 5.73 Å². The quantitative estimate of drug-likeness (QED) is 0.886. The van der Waals surface area contributed by atoms with E-state index in [0.717, 1.165) is 24.1 Å². The largest absolute Gasteiger partial charge is 0.324 e. The van der Waals surface area contributed by atoms with Crippen molar-refractivity contribution in [3.63, 3.8) is 0 Å². The molecule has 18 heavy (non-hydrogen) atoms. The second-order valence-corrected chi connectivity index (χ2v) is 8.31. The maximum atomic E-state index is 11.2. The van der Waals surface area contributed by atoms with Gasteiger partial charge in [-0.25, -0.2) is 8.42 Å². The van der Waals surface area contributed by atoms with E-state index in [1.165, 1.54) is 6.26 Å². The van der Waals surface area contributed by atoms with Crippen molar-refractivity contribution in [2.75, 3.05) is 12.0 Å². The zero-order valence-electron chi connectivity index (χ0n) is 11.2. The lowest BCUT2D eigenvalue weighted by Gasteiger charge is -2.33. The van der Waals surface area contributed by atoms with Crippen molar-refractivity contribution in [3.05, 3.63) is 17.5 Å². The number of aryl methyl sites for hydroxylation is 1. The Morgan fingerprint density at radius 2 is 2.22 bits per heavy atom. The zero-order chi connectivity index (χ0) is 13.6. The molecule has 0 saturated carbocycles. The SMILES string of the molecule is CC1(C)Cc2c(cnn2CCS(C)(=O)=O)C(N)C1. The molecular weight excluding hydrogens is 250 g/mol. The van der Waals surface area contributed by atoms with Gasteiger partial charge in [0.15, 0.2) is 0 Å². The lowest BCUT2D eigenvalue weighted by atomic mass is 9.75. The van der Waals surface area contributed by atoms with Crippen LogP contribution in [0.15, 0.2) is 6.20 Å². The number of sulfone groups is 1. The van der Waals surface area contributed by atoms with Gasteiger partial charge in [-0.2, -0.15) is 5.10 Å². The summed E-state index contributed by atoms with van der Waals surface area (Å²) in [6.07, 6.45) is 4.88. The number of hydrogen-bond acceptors (Lipinski definition) is 4. The van der Waals surface area contributed by atoms with Gasteiger partial charge in [0.2, 0.25) is 0 Å². The predicted octanol–water partition coefficient (Wildman–Crippen LogP) is 0.900. The first kappa shape index (κ1) is 13.5. The van der Waals surface area contributed by atoms with E-state index in [2.05, 4.69) is 18.9 Å². The average Bonchev–Trinajstić information content (AvgIpc) is 2.55. The topological polar surface area (TPSA) is 78.0 Å². The van der Waals surface area contributed by atoms with Crippen LogP contribution in [0.25, 0.3) is 0 Å². The molecule has 1 unspecified atom stereocenters. The van der Waals surface area contributed by atoms with Crippen molar-refractivity contribution in [3.8, 4) is 0 Å². The normalized spacial score (nSPS) is 22.8. The zero-order valence-corrected chi connectivity index (χ0v) is 12.0. The minimum atomic E-state index is -2.96. The molecule has 1 aliphatic carbocycles. The van der Waals surface area contributed by atoms with Crippen LogP contribution < -0.4 is 5.73 Å². The first-order valence-electron chi connectivity index (χ1n) is 6.16. The molecule has 2 rings (SSSR count). The summed E-state index contributed by atoms with van der Waals surface area (Å²) in [6.45, 7) is 4.78. The van der Waals surface area contributed by atoms with Crippen LogP contribution in [0, 0.1) is 5.41 Å². The molecule has 0 amide bonds. The van der Waals surface area contributed by atoms with Gasteiger partial charge < -0.3 is 5.73 Å². The molecular formula is C12H21N3O2S. The first-order chi connectivity index (χ1) is 8.18. The minimum absolute atomic E-state index is 0.00994. The summed E-state index contributed by atoms with van der Waals surface area (Å²) >= 11 is 0. The maximum absolute atomic E-state index is 11.2. The molecule has 102 valence electrons. The van der Waals surface area contributed by atoms with E-state index in [1.54, 1.807) is 10.9 Å². The van der Waals surface area contributed by atoms with E-state index >= 15 is 0 Å². The van der Waals surface area contributed by atoms with E-state index in [0.29, 0.717) is 6.54 Å². The third-order valence-electron chi connectivity index (χ3n) is 3.47. The van der Waals surface area contributed by atoms with Crippen LogP contribution in [0.1, 0.15) is 37.6 Å². The third kappa shape index (κ3) is 2.92. The fourth-order valence-electron chi connectivity index (χ4n) is 2.60. The Balaban J connectivity index is 2.26. The van der Waals surface area contributed by atoms with Crippen LogP contribution >= 0.6 is 0 Å². The van der Waals surface area contributed by atoms with Crippen LogP contribution in [0.5, 0.6) is 0 Å². The minimum Gasteiger partial charge on any atom is -0.324 e. The highest BCUT2D eigenvalue weighted by Crippen LogP contribution is 2.39. The average molecular weight is 271 g/mol. The van der Waals surface area contributed by atoms with E-state index in [9.17, 15) is 8.42 Å². The highest BCUT2D eigenvalue weighted by Gasteiger charge is 2.33. The number of fused-ring (bicyclic) bond motifs is 1. The Kier molecular flexibility index (Phi) is 3.27. The molecule has 0 aromatic carbocycles. The van der Waals surface area contributed by atoms with E-state index in [1.807, 2.05) is 0 Å². The Morgan fingerprint density at radius 3 is 2.83 bits per heavy atom.